The molecule has 0 fully saturated rings. The summed E-state index contributed by atoms with van der Waals surface area (Å²) in [5.74, 6) is 5.23. The zero-order valence-corrected chi connectivity index (χ0v) is 18.9. The maximum atomic E-state index is 13.4. The van der Waals surface area contributed by atoms with Gasteiger partial charge in [-0.15, -0.1) is 5.92 Å². The summed E-state index contributed by atoms with van der Waals surface area (Å²) >= 11 is 0. The summed E-state index contributed by atoms with van der Waals surface area (Å²) < 4.78 is 4.96. The highest BCUT2D eigenvalue weighted by Gasteiger charge is 2.49. The van der Waals surface area contributed by atoms with Crippen molar-refractivity contribution >= 4 is 29.0 Å². The first-order chi connectivity index (χ1) is 17.0. The monoisotopic (exact) mass is 466 g/mol. The van der Waals surface area contributed by atoms with E-state index in [1.165, 1.54) is 4.90 Å². The van der Waals surface area contributed by atoms with Gasteiger partial charge in [-0.3, -0.25) is 15.0 Å². The Kier molecular flexibility index (Phi) is 5.69. The van der Waals surface area contributed by atoms with E-state index in [-0.39, 0.29) is 25.0 Å². The number of aromatic amines is 1. The molecule has 3 aromatic carbocycles. The lowest BCUT2D eigenvalue weighted by atomic mass is 9.93. The third-order valence-electron chi connectivity index (χ3n) is 5.91. The van der Waals surface area contributed by atoms with E-state index in [0.29, 0.717) is 27.7 Å². The number of carbonyl (C=O) groups excluding carboxylic acids is 2. The van der Waals surface area contributed by atoms with E-state index in [2.05, 4.69) is 27.1 Å². The van der Waals surface area contributed by atoms with Crippen LogP contribution in [0.1, 0.15) is 34.0 Å². The average molecular weight is 466 g/mol. The molecule has 2 heterocycles. The quantitative estimate of drug-likeness (QED) is 0.386. The Morgan fingerprint density at radius 2 is 1.91 bits per heavy atom. The molecule has 8 heteroatoms. The van der Waals surface area contributed by atoms with Gasteiger partial charge in [0.1, 0.15) is 0 Å². The van der Waals surface area contributed by atoms with Gasteiger partial charge in [0.15, 0.2) is 12.3 Å². The number of nitrogens with zero attached hydrogens (tertiary/aromatic N) is 2. The van der Waals surface area contributed by atoms with E-state index in [0.717, 1.165) is 5.56 Å². The highest BCUT2D eigenvalue weighted by molar-refractivity contribution is 6.00. The number of carbonyl (C=O) groups is 2. The van der Waals surface area contributed by atoms with Gasteiger partial charge in [-0.05, 0) is 30.7 Å². The Balaban J connectivity index is 1.51. The lowest BCUT2D eigenvalue weighted by Crippen LogP contribution is -2.44. The zero-order chi connectivity index (χ0) is 24.4. The first kappa shape index (κ1) is 22.2. The average Bonchev–Trinajstić information content (AvgIpc) is 3.37. The molecule has 1 aliphatic heterocycles. The van der Waals surface area contributed by atoms with Crippen LogP contribution in [0, 0.1) is 11.8 Å². The van der Waals surface area contributed by atoms with Crippen molar-refractivity contribution in [2.45, 2.75) is 19.2 Å². The molecule has 1 unspecified atom stereocenters. The van der Waals surface area contributed by atoms with Gasteiger partial charge in [0.25, 0.3) is 5.91 Å². The summed E-state index contributed by atoms with van der Waals surface area (Å²) in [6.45, 7) is 1.86. The van der Waals surface area contributed by atoms with E-state index in [4.69, 9.17) is 4.74 Å². The standard InChI is InChI=1S/C27H22N4O4/c1-2-3-15-35-26(33)30-25-28-22-14-13-19(16-23(22)29-25)27(34)21-12-8-7-11-20(21)24(32)31(27)17-18-9-5-4-6-10-18/h4-14,16,34H,15,17H2,1H3,(H2,28,29,30,33). The second-order valence-electron chi connectivity index (χ2n) is 8.04. The van der Waals surface area contributed by atoms with Crippen molar-refractivity contribution < 1.29 is 19.4 Å². The fourth-order valence-electron chi connectivity index (χ4n) is 4.27. The number of rotatable bonds is 5. The molecule has 8 nitrogen and oxygen atoms in total. The third kappa shape index (κ3) is 3.98. The molecule has 0 saturated heterocycles. The molecular weight excluding hydrogens is 444 g/mol. The molecule has 2 amide bonds. The van der Waals surface area contributed by atoms with Crippen LogP contribution in [0.2, 0.25) is 0 Å². The van der Waals surface area contributed by atoms with Crippen LogP contribution in [0.3, 0.4) is 0 Å². The molecule has 35 heavy (non-hydrogen) atoms. The van der Waals surface area contributed by atoms with E-state index in [9.17, 15) is 14.7 Å². The number of aromatic nitrogens is 2. The largest absolute Gasteiger partial charge is 0.436 e. The van der Waals surface area contributed by atoms with E-state index < -0.39 is 11.8 Å². The van der Waals surface area contributed by atoms with Crippen LogP contribution in [-0.4, -0.2) is 38.6 Å². The van der Waals surface area contributed by atoms with E-state index in [1.54, 1.807) is 49.4 Å². The van der Waals surface area contributed by atoms with Crippen molar-refractivity contribution in [2.24, 2.45) is 0 Å². The molecule has 174 valence electrons. The maximum absolute atomic E-state index is 13.4. The number of hydrogen-bond acceptors (Lipinski definition) is 5. The molecule has 0 radical (unpaired) electrons. The van der Waals surface area contributed by atoms with Gasteiger partial charge in [-0.1, -0.05) is 60.5 Å². The molecule has 1 atom stereocenters. The van der Waals surface area contributed by atoms with Crippen LogP contribution >= 0.6 is 0 Å². The van der Waals surface area contributed by atoms with Gasteiger partial charge in [-0.2, -0.15) is 0 Å². The summed E-state index contributed by atoms with van der Waals surface area (Å²) in [7, 11) is 0. The lowest BCUT2D eigenvalue weighted by Gasteiger charge is -2.35. The number of H-pyrrole nitrogens is 1. The summed E-state index contributed by atoms with van der Waals surface area (Å²) in [4.78, 5) is 34.1. The van der Waals surface area contributed by atoms with Gasteiger partial charge >= 0.3 is 6.09 Å². The fourth-order valence-corrected chi connectivity index (χ4v) is 4.27. The molecule has 0 aliphatic carbocycles. The maximum Gasteiger partial charge on any atom is 0.414 e. The number of hydrogen-bond donors (Lipinski definition) is 3. The Hall–Kier alpha value is -4.61. The van der Waals surface area contributed by atoms with Crippen LogP contribution in [0.4, 0.5) is 10.7 Å². The summed E-state index contributed by atoms with van der Waals surface area (Å²) in [6, 6.07) is 21.8. The van der Waals surface area contributed by atoms with Gasteiger partial charge in [0, 0.05) is 23.2 Å². The number of imidazole rings is 1. The van der Waals surface area contributed by atoms with Gasteiger partial charge in [0.05, 0.1) is 11.0 Å². The lowest BCUT2D eigenvalue weighted by molar-refractivity contribution is -0.0542. The van der Waals surface area contributed by atoms with Crippen molar-refractivity contribution in [2.75, 3.05) is 11.9 Å². The molecule has 1 aliphatic rings. The number of benzene rings is 3. The second-order valence-corrected chi connectivity index (χ2v) is 8.04. The molecule has 4 aromatic rings. The highest BCUT2D eigenvalue weighted by atomic mass is 16.5. The predicted octanol–water partition coefficient (Wildman–Crippen LogP) is 3.98. The first-order valence-electron chi connectivity index (χ1n) is 11.0. The molecular formula is C27H22N4O4. The normalized spacial score (nSPS) is 16.5. The van der Waals surface area contributed by atoms with E-state index in [1.807, 2.05) is 30.3 Å². The zero-order valence-electron chi connectivity index (χ0n) is 18.9. The van der Waals surface area contributed by atoms with Crippen LogP contribution < -0.4 is 5.32 Å². The van der Waals surface area contributed by atoms with Crippen molar-refractivity contribution in [1.82, 2.24) is 14.9 Å². The van der Waals surface area contributed by atoms with Gasteiger partial charge in [0.2, 0.25) is 5.95 Å². The molecule has 0 bridgehead atoms. The van der Waals surface area contributed by atoms with Crippen LogP contribution in [0.5, 0.6) is 0 Å². The Labute approximate surface area is 201 Å². The van der Waals surface area contributed by atoms with Gasteiger partial charge < -0.3 is 14.8 Å². The molecule has 0 spiro atoms. The molecule has 5 rings (SSSR count). The number of amides is 2. The smallest absolute Gasteiger partial charge is 0.414 e. The van der Waals surface area contributed by atoms with Crippen molar-refractivity contribution in [3.63, 3.8) is 0 Å². The number of anilines is 1. The topological polar surface area (TPSA) is 108 Å². The number of aliphatic hydroxyl groups is 1. The highest BCUT2D eigenvalue weighted by Crippen LogP contribution is 2.43. The number of nitrogens with one attached hydrogen (secondary N) is 2. The Bertz CT molecular complexity index is 1490. The fraction of sp³-hybridized carbons (Fsp3) is 0.148. The minimum absolute atomic E-state index is 0.0234. The van der Waals surface area contributed by atoms with Crippen molar-refractivity contribution in [1.29, 1.82) is 0 Å². The Morgan fingerprint density at radius 3 is 2.71 bits per heavy atom. The molecule has 3 N–H and O–H groups in total. The summed E-state index contributed by atoms with van der Waals surface area (Å²) in [6.07, 6.45) is -0.685. The number of fused-ring (bicyclic) bond motifs is 2. The molecule has 0 saturated carbocycles. The summed E-state index contributed by atoms with van der Waals surface area (Å²) in [5.41, 5.74) is 1.83. The minimum atomic E-state index is -1.69. The second kappa shape index (κ2) is 8.97. The predicted molar refractivity (Wildman–Crippen MR) is 130 cm³/mol. The summed E-state index contributed by atoms with van der Waals surface area (Å²) in [5, 5.41) is 14.6. The first-order valence-corrected chi connectivity index (χ1v) is 11.0. The number of ether oxygens (including phenoxy) is 1. The van der Waals surface area contributed by atoms with Crippen molar-refractivity contribution in [3.05, 3.63) is 95.1 Å². The Morgan fingerprint density at radius 1 is 1.14 bits per heavy atom. The van der Waals surface area contributed by atoms with Gasteiger partial charge in [-0.25, -0.2) is 9.78 Å². The van der Waals surface area contributed by atoms with Crippen molar-refractivity contribution in [3.8, 4) is 11.8 Å². The van der Waals surface area contributed by atoms with Crippen LogP contribution in [0.25, 0.3) is 11.0 Å². The van der Waals surface area contributed by atoms with Crippen LogP contribution in [-0.2, 0) is 17.0 Å². The molecule has 1 aromatic heterocycles. The third-order valence-corrected chi connectivity index (χ3v) is 5.91. The SMILES string of the molecule is CC#CCOC(=O)Nc1nc2ccc(C3(O)c4ccccc4C(=O)N3Cc3ccccc3)cc2[nH]1. The van der Waals surface area contributed by atoms with E-state index >= 15 is 0 Å². The minimum Gasteiger partial charge on any atom is -0.436 e. The van der Waals surface area contributed by atoms with Crippen LogP contribution in [0.15, 0.2) is 72.8 Å².